The Morgan fingerprint density at radius 2 is 1.82 bits per heavy atom. The molecule has 2 aliphatic heterocycles. The van der Waals surface area contributed by atoms with E-state index in [0.29, 0.717) is 17.1 Å². The molecule has 2 saturated heterocycles. The number of nitrogens with zero attached hydrogens (tertiary/aromatic N) is 4. The summed E-state index contributed by atoms with van der Waals surface area (Å²) < 4.78 is 15.3. The number of amides is 1. The maximum atomic E-state index is 13.4. The Labute approximate surface area is 163 Å². The van der Waals surface area contributed by atoms with Gasteiger partial charge in [-0.2, -0.15) is 0 Å². The van der Waals surface area contributed by atoms with Gasteiger partial charge >= 0.3 is 0 Å². The van der Waals surface area contributed by atoms with Crippen LogP contribution < -0.4 is 0 Å². The number of carbonyl (C=O) groups excluding carboxylic acids is 1. The Hall–Kier alpha value is -2.73. The van der Waals surface area contributed by atoms with E-state index >= 15 is 0 Å². The average molecular weight is 378 g/mol. The average Bonchev–Trinajstić information content (AvgIpc) is 3.46. The van der Waals surface area contributed by atoms with Crippen molar-refractivity contribution in [2.24, 2.45) is 0 Å². The third-order valence-electron chi connectivity index (χ3n) is 6.01. The molecule has 6 heteroatoms. The van der Waals surface area contributed by atoms with E-state index in [2.05, 4.69) is 9.88 Å². The molecular formula is C22H23FN4O. The van der Waals surface area contributed by atoms with Gasteiger partial charge in [-0.15, -0.1) is 0 Å². The van der Waals surface area contributed by atoms with E-state index < -0.39 is 0 Å². The normalized spacial score (nSPS) is 20.3. The van der Waals surface area contributed by atoms with E-state index in [1.165, 1.54) is 38.1 Å². The van der Waals surface area contributed by atoms with Crippen molar-refractivity contribution in [1.29, 1.82) is 0 Å². The van der Waals surface area contributed by atoms with Crippen molar-refractivity contribution in [3.05, 3.63) is 60.2 Å². The fourth-order valence-electron chi connectivity index (χ4n) is 4.47. The first kappa shape index (κ1) is 17.4. The molecule has 1 aromatic heterocycles. The minimum atomic E-state index is -0.295. The van der Waals surface area contributed by atoms with Crippen LogP contribution in [0.1, 0.15) is 29.6 Å². The summed E-state index contributed by atoms with van der Waals surface area (Å²) in [4.78, 5) is 21.7. The van der Waals surface area contributed by atoms with E-state index in [4.69, 9.17) is 0 Å². The van der Waals surface area contributed by atoms with Crippen LogP contribution in [-0.2, 0) is 0 Å². The summed E-state index contributed by atoms with van der Waals surface area (Å²) in [5.41, 5.74) is 3.07. The second-order valence-electron chi connectivity index (χ2n) is 7.73. The molecule has 1 unspecified atom stereocenters. The van der Waals surface area contributed by atoms with Gasteiger partial charge in [-0.25, -0.2) is 9.37 Å². The highest BCUT2D eigenvalue weighted by atomic mass is 19.1. The molecule has 0 bridgehead atoms. The van der Waals surface area contributed by atoms with Crippen LogP contribution in [-0.4, -0.2) is 57.5 Å². The van der Waals surface area contributed by atoms with E-state index in [1.54, 1.807) is 12.4 Å². The molecule has 1 amide bonds. The van der Waals surface area contributed by atoms with Crippen LogP contribution >= 0.6 is 0 Å². The quantitative estimate of drug-likeness (QED) is 0.701. The molecule has 0 radical (unpaired) electrons. The highest BCUT2D eigenvalue weighted by Crippen LogP contribution is 2.23. The molecule has 0 N–H and O–H groups in total. The second kappa shape index (κ2) is 7.02. The molecule has 3 aromatic rings. The molecule has 2 aliphatic rings. The summed E-state index contributed by atoms with van der Waals surface area (Å²) in [5, 5.41) is 0. The molecule has 2 aromatic carbocycles. The minimum Gasteiger partial charge on any atom is -0.337 e. The van der Waals surface area contributed by atoms with E-state index in [-0.39, 0.29) is 11.7 Å². The van der Waals surface area contributed by atoms with Gasteiger partial charge in [-0.3, -0.25) is 14.3 Å². The Kier molecular flexibility index (Phi) is 4.36. The highest BCUT2D eigenvalue weighted by Gasteiger charge is 2.31. The SMILES string of the molecule is O=C(c1ccc(-n2cnc3cc(F)ccc32)cc1)N1CCC(N2CCCC2)C1. The standard InChI is InChI=1S/C22H23FN4O/c23-17-5-8-21-20(13-17)24-15-27(21)18-6-3-16(4-7-18)22(28)26-12-9-19(14-26)25-10-1-2-11-25/h3-8,13,15,19H,1-2,9-12,14H2. The summed E-state index contributed by atoms with van der Waals surface area (Å²) in [6.07, 6.45) is 5.31. The predicted molar refractivity (Wildman–Crippen MR) is 106 cm³/mol. The van der Waals surface area contributed by atoms with Gasteiger partial charge < -0.3 is 4.90 Å². The number of rotatable bonds is 3. The Bertz CT molecular complexity index is 1010. The van der Waals surface area contributed by atoms with Gasteiger partial charge in [0.05, 0.1) is 11.0 Å². The zero-order valence-corrected chi connectivity index (χ0v) is 15.7. The van der Waals surface area contributed by atoms with Crippen LogP contribution in [0.5, 0.6) is 0 Å². The molecule has 0 saturated carbocycles. The van der Waals surface area contributed by atoms with Crippen molar-refractivity contribution >= 4 is 16.9 Å². The number of aromatic nitrogens is 2. The minimum absolute atomic E-state index is 0.103. The lowest BCUT2D eigenvalue weighted by molar-refractivity contribution is 0.0780. The molecule has 5 rings (SSSR count). The largest absolute Gasteiger partial charge is 0.337 e. The van der Waals surface area contributed by atoms with Gasteiger partial charge in [0, 0.05) is 36.4 Å². The molecule has 5 nitrogen and oxygen atoms in total. The fourth-order valence-corrected chi connectivity index (χ4v) is 4.47. The zero-order chi connectivity index (χ0) is 19.1. The summed E-state index contributed by atoms with van der Waals surface area (Å²) in [7, 11) is 0. The highest BCUT2D eigenvalue weighted by molar-refractivity contribution is 5.94. The third-order valence-corrected chi connectivity index (χ3v) is 6.01. The number of fused-ring (bicyclic) bond motifs is 1. The van der Waals surface area contributed by atoms with Crippen LogP contribution in [0.4, 0.5) is 4.39 Å². The number of hydrogen-bond acceptors (Lipinski definition) is 3. The number of benzene rings is 2. The number of halogens is 1. The second-order valence-corrected chi connectivity index (χ2v) is 7.73. The monoisotopic (exact) mass is 378 g/mol. The lowest BCUT2D eigenvalue weighted by Crippen LogP contribution is -2.37. The molecule has 28 heavy (non-hydrogen) atoms. The molecule has 0 aliphatic carbocycles. The molecule has 0 spiro atoms. The third kappa shape index (κ3) is 3.07. The number of carbonyl (C=O) groups is 1. The number of likely N-dealkylation sites (tertiary alicyclic amines) is 2. The van der Waals surface area contributed by atoms with Gasteiger partial charge in [-0.05, 0) is 68.8 Å². The Morgan fingerprint density at radius 3 is 2.61 bits per heavy atom. The summed E-state index contributed by atoms with van der Waals surface area (Å²) in [6.45, 7) is 4.01. The topological polar surface area (TPSA) is 41.4 Å². The first-order chi connectivity index (χ1) is 13.7. The van der Waals surface area contributed by atoms with Gasteiger partial charge in [-0.1, -0.05) is 0 Å². The van der Waals surface area contributed by atoms with Crippen LogP contribution in [0.25, 0.3) is 16.7 Å². The predicted octanol–water partition coefficient (Wildman–Crippen LogP) is 3.47. The van der Waals surface area contributed by atoms with Crippen LogP contribution in [0, 0.1) is 5.82 Å². The van der Waals surface area contributed by atoms with E-state index in [9.17, 15) is 9.18 Å². The van der Waals surface area contributed by atoms with Crippen molar-refractivity contribution in [3.8, 4) is 5.69 Å². The fraction of sp³-hybridized carbons (Fsp3) is 0.364. The van der Waals surface area contributed by atoms with Crippen molar-refractivity contribution in [2.45, 2.75) is 25.3 Å². The van der Waals surface area contributed by atoms with Crippen molar-refractivity contribution in [2.75, 3.05) is 26.2 Å². The van der Waals surface area contributed by atoms with Gasteiger partial charge in [0.15, 0.2) is 0 Å². The van der Waals surface area contributed by atoms with Gasteiger partial charge in [0.25, 0.3) is 5.91 Å². The summed E-state index contributed by atoms with van der Waals surface area (Å²) in [6, 6.07) is 12.7. The number of imidazole rings is 1. The van der Waals surface area contributed by atoms with Crippen molar-refractivity contribution in [1.82, 2.24) is 19.4 Å². The Morgan fingerprint density at radius 1 is 1.04 bits per heavy atom. The molecule has 2 fully saturated rings. The molecule has 3 heterocycles. The lowest BCUT2D eigenvalue weighted by Gasteiger charge is -2.23. The zero-order valence-electron chi connectivity index (χ0n) is 15.7. The van der Waals surface area contributed by atoms with Crippen LogP contribution in [0.15, 0.2) is 48.8 Å². The van der Waals surface area contributed by atoms with E-state index in [1.807, 2.05) is 33.7 Å². The molecular weight excluding hydrogens is 355 g/mol. The smallest absolute Gasteiger partial charge is 0.253 e. The summed E-state index contributed by atoms with van der Waals surface area (Å²) in [5.74, 6) is -0.192. The molecule has 144 valence electrons. The van der Waals surface area contributed by atoms with Gasteiger partial charge in [0.2, 0.25) is 0 Å². The summed E-state index contributed by atoms with van der Waals surface area (Å²) >= 11 is 0. The number of hydrogen-bond donors (Lipinski definition) is 0. The van der Waals surface area contributed by atoms with Crippen LogP contribution in [0.2, 0.25) is 0 Å². The van der Waals surface area contributed by atoms with Crippen molar-refractivity contribution in [3.63, 3.8) is 0 Å². The maximum absolute atomic E-state index is 13.4. The first-order valence-corrected chi connectivity index (χ1v) is 9.95. The van der Waals surface area contributed by atoms with E-state index in [0.717, 1.165) is 30.7 Å². The maximum Gasteiger partial charge on any atom is 0.253 e. The van der Waals surface area contributed by atoms with Crippen molar-refractivity contribution < 1.29 is 9.18 Å². The van der Waals surface area contributed by atoms with Gasteiger partial charge in [0.1, 0.15) is 12.1 Å². The lowest BCUT2D eigenvalue weighted by atomic mass is 10.1. The molecule has 1 atom stereocenters. The van der Waals surface area contributed by atoms with Crippen LogP contribution in [0.3, 0.4) is 0 Å². The first-order valence-electron chi connectivity index (χ1n) is 9.95. The Balaban J connectivity index is 1.32.